The largest absolute Gasteiger partial charge is 0.496 e. The highest BCUT2D eigenvalue weighted by molar-refractivity contribution is 6.20. The highest BCUT2D eigenvalue weighted by atomic mass is 16.5. The third kappa shape index (κ3) is 2.85. The first-order valence-electron chi connectivity index (χ1n) is 8.91. The molecule has 1 aromatic carbocycles. The summed E-state index contributed by atoms with van der Waals surface area (Å²) in [6.07, 6.45) is 4.75. The van der Waals surface area contributed by atoms with Crippen LogP contribution in [0.2, 0.25) is 0 Å². The first-order chi connectivity index (χ1) is 14.1. The van der Waals surface area contributed by atoms with Gasteiger partial charge >= 0.3 is 5.97 Å². The number of aliphatic carboxylic acids is 1. The molecule has 2 aliphatic rings. The zero-order valence-corrected chi connectivity index (χ0v) is 15.4. The van der Waals surface area contributed by atoms with Crippen LogP contribution in [0.1, 0.15) is 5.56 Å². The lowest BCUT2D eigenvalue weighted by Crippen LogP contribution is -2.35. The van der Waals surface area contributed by atoms with Gasteiger partial charge in [0.05, 0.1) is 19.9 Å². The van der Waals surface area contributed by atoms with Crippen molar-refractivity contribution in [1.29, 1.82) is 0 Å². The topological polar surface area (TPSA) is 115 Å². The Labute approximate surface area is 165 Å². The van der Waals surface area contributed by atoms with Gasteiger partial charge in [-0.2, -0.15) is 5.10 Å². The minimum absolute atomic E-state index is 0.197. The van der Waals surface area contributed by atoms with E-state index in [2.05, 4.69) is 20.1 Å². The summed E-state index contributed by atoms with van der Waals surface area (Å²) in [5.74, 6) is 1.66. The van der Waals surface area contributed by atoms with Crippen molar-refractivity contribution in [2.75, 3.05) is 25.2 Å². The molecule has 0 spiro atoms. The summed E-state index contributed by atoms with van der Waals surface area (Å²) in [6.45, 7) is 0.875. The van der Waals surface area contributed by atoms with Crippen LogP contribution in [-0.2, 0) is 11.3 Å². The van der Waals surface area contributed by atoms with E-state index in [1.165, 1.54) is 11.0 Å². The minimum Gasteiger partial charge on any atom is -0.496 e. The molecule has 5 rings (SSSR count). The van der Waals surface area contributed by atoms with Crippen LogP contribution in [0.25, 0.3) is 11.1 Å². The number of carboxylic acids is 1. The molecule has 0 fully saturated rings. The first-order valence-corrected chi connectivity index (χ1v) is 8.91. The third-order valence-corrected chi connectivity index (χ3v) is 4.78. The number of methoxy groups -OCH3 is 1. The Morgan fingerprint density at radius 3 is 3.07 bits per heavy atom. The van der Waals surface area contributed by atoms with Crippen molar-refractivity contribution < 1.29 is 19.4 Å². The van der Waals surface area contributed by atoms with E-state index in [9.17, 15) is 4.79 Å². The number of rotatable bonds is 5. The molecule has 10 heteroatoms. The smallest absolute Gasteiger partial charge is 0.325 e. The third-order valence-electron chi connectivity index (χ3n) is 4.78. The van der Waals surface area contributed by atoms with Gasteiger partial charge in [-0.05, 0) is 12.1 Å². The number of carbonyl (C=O) groups is 1. The molecule has 29 heavy (non-hydrogen) atoms. The van der Waals surface area contributed by atoms with Crippen LogP contribution >= 0.6 is 0 Å². The fourth-order valence-corrected chi connectivity index (χ4v) is 3.45. The molecule has 1 N–H and O–H groups in total. The van der Waals surface area contributed by atoms with Gasteiger partial charge in [0.15, 0.2) is 11.7 Å². The van der Waals surface area contributed by atoms with Gasteiger partial charge in [-0.25, -0.2) is 15.0 Å². The summed E-state index contributed by atoms with van der Waals surface area (Å²) in [5.41, 5.74) is 3.31. The number of amidine groups is 1. The highest BCUT2D eigenvalue weighted by Gasteiger charge is 2.34. The fraction of sp³-hybridized carbons (Fsp3) is 0.211. The maximum atomic E-state index is 10.9. The van der Waals surface area contributed by atoms with Crippen LogP contribution in [0.5, 0.6) is 11.6 Å². The van der Waals surface area contributed by atoms with E-state index in [-0.39, 0.29) is 6.54 Å². The second-order valence-electron chi connectivity index (χ2n) is 6.52. The van der Waals surface area contributed by atoms with E-state index in [0.717, 1.165) is 28.2 Å². The normalized spacial score (nSPS) is 14.2. The van der Waals surface area contributed by atoms with E-state index in [4.69, 9.17) is 14.6 Å². The van der Waals surface area contributed by atoms with E-state index < -0.39 is 5.97 Å². The molecule has 0 radical (unpaired) electrons. The Kier molecular flexibility index (Phi) is 3.90. The van der Waals surface area contributed by atoms with Crippen molar-refractivity contribution in [3.05, 3.63) is 42.5 Å². The lowest BCUT2D eigenvalue weighted by molar-refractivity contribution is -0.137. The molecule has 0 bridgehead atoms. The monoisotopic (exact) mass is 392 g/mol. The maximum Gasteiger partial charge on any atom is 0.325 e. The van der Waals surface area contributed by atoms with Crippen LogP contribution < -0.4 is 14.4 Å². The number of aromatic nitrogens is 4. The van der Waals surface area contributed by atoms with Crippen molar-refractivity contribution >= 4 is 23.3 Å². The van der Waals surface area contributed by atoms with Crippen LogP contribution in [-0.4, -0.2) is 56.9 Å². The maximum absolute atomic E-state index is 10.9. The summed E-state index contributed by atoms with van der Waals surface area (Å²) < 4.78 is 12.7. The van der Waals surface area contributed by atoms with Gasteiger partial charge < -0.3 is 19.5 Å². The second-order valence-corrected chi connectivity index (χ2v) is 6.52. The molecule has 2 aliphatic heterocycles. The molecule has 0 saturated carbocycles. The number of aliphatic imine (C=N–C) groups is 1. The molecule has 0 aliphatic carbocycles. The molecule has 0 amide bonds. The summed E-state index contributed by atoms with van der Waals surface area (Å²) in [5, 5.41) is 13.0. The van der Waals surface area contributed by atoms with E-state index >= 15 is 0 Å². The Bertz CT molecular complexity index is 1160. The Morgan fingerprint density at radius 1 is 1.34 bits per heavy atom. The van der Waals surface area contributed by atoms with Gasteiger partial charge in [-0.1, -0.05) is 0 Å². The Morgan fingerprint density at radius 2 is 2.24 bits per heavy atom. The molecule has 10 nitrogen and oxygen atoms in total. The molecule has 4 heterocycles. The standard InChI is InChI=1S/C19H16N6O4/c1-28-14-6-12(2-3-13(14)11-7-22-24(8-11)9-15(26)27)25-4-5-29-19-16-17(20-10-21-19)23-18(16)25/h2-3,6-8,10H,4-5,9H2,1H3,(H,26,27). The number of carboxylic acid groups (broad SMARTS) is 1. The van der Waals surface area contributed by atoms with Crippen LogP contribution in [0.15, 0.2) is 41.9 Å². The van der Waals surface area contributed by atoms with Crippen molar-refractivity contribution in [2.45, 2.75) is 6.54 Å². The van der Waals surface area contributed by atoms with Crippen molar-refractivity contribution in [3.63, 3.8) is 0 Å². The SMILES string of the molecule is COc1cc(N2CCOc3ncnc4c3C2=N4)ccc1-c1cnn(CC(=O)O)c1. The molecule has 0 unspecified atom stereocenters. The lowest BCUT2D eigenvalue weighted by Gasteiger charge is -2.28. The number of hydrogen-bond donors (Lipinski definition) is 1. The lowest BCUT2D eigenvalue weighted by atomic mass is 10.1. The zero-order chi connectivity index (χ0) is 20.0. The average Bonchev–Trinajstić information content (AvgIpc) is 3.06. The van der Waals surface area contributed by atoms with Gasteiger partial charge in [0.25, 0.3) is 0 Å². The number of nitrogens with zero attached hydrogens (tertiary/aromatic N) is 6. The molecule has 146 valence electrons. The number of hydrogen-bond acceptors (Lipinski definition) is 8. The molecule has 0 atom stereocenters. The average molecular weight is 392 g/mol. The summed E-state index contributed by atoms with van der Waals surface area (Å²) >= 11 is 0. The molecule has 0 saturated heterocycles. The highest BCUT2D eigenvalue weighted by Crippen LogP contribution is 2.40. The van der Waals surface area contributed by atoms with E-state index in [1.54, 1.807) is 19.5 Å². The molecular formula is C19H16N6O4. The Hall–Kier alpha value is -3.95. The van der Waals surface area contributed by atoms with Gasteiger partial charge in [0.1, 0.15) is 30.8 Å². The second kappa shape index (κ2) is 6.59. The first kappa shape index (κ1) is 17.2. The molecular weight excluding hydrogens is 376 g/mol. The van der Waals surface area contributed by atoms with Gasteiger partial charge in [-0.15, -0.1) is 0 Å². The van der Waals surface area contributed by atoms with Crippen molar-refractivity contribution in [2.24, 2.45) is 4.99 Å². The number of anilines is 1. The van der Waals surface area contributed by atoms with E-state index in [0.29, 0.717) is 30.6 Å². The summed E-state index contributed by atoms with van der Waals surface area (Å²) in [7, 11) is 1.60. The van der Waals surface area contributed by atoms with Crippen molar-refractivity contribution in [3.8, 4) is 22.8 Å². The predicted molar refractivity (Wildman–Crippen MR) is 103 cm³/mol. The van der Waals surface area contributed by atoms with Crippen LogP contribution in [0.3, 0.4) is 0 Å². The fourth-order valence-electron chi connectivity index (χ4n) is 3.45. The van der Waals surface area contributed by atoms with Gasteiger partial charge in [0, 0.05) is 29.1 Å². The van der Waals surface area contributed by atoms with Gasteiger partial charge in [-0.3, -0.25) is 9.48 Å². The minimum atomic E-state index is -0.949. The van der Waals surface area contributed by atoms with Crippen LogP contribution in [0.4, 0.5) is 11.5 Å². The van der Waals surface area contributed by atoms with Gasteiger partial charge in [0.2, 0.25) is 5.88 Å². The molecule has 2 aromatic heterocycles. The predicted octanol–water partition coefficient (Wildman–Crippen LogP) is 1.72. The summed E-state index contributed by atoms with van der Waals surface area (Å²) in [6, 6.07) is 5.80. The molecule has 3 aromatic rings. The number of ether oxygens (including phenoxy) is 2. The van der Waals surface area contributed by atoms with Crippen LogP contribution in [0, 0.1) is 0 Å². The Balaban J connectivity index is 1.49. The van der Waals surface area contributed by atoms with Crippen molar-refractivity contribution in [1.82, 2.24) is 19.7 Å². The zero-order valence-electron chi connectivity index (χ0n) is 15.4. The number of benzene rings is 1. The summed E-state index contributed by atoms with van der Waals surface area (Å²) in [4.78, 5) is 25.8. The van der Waals surface area contributed by atoms with E-state index in [1.807, 2.05) is 23.1 Å². The quantitative estimate of drug-likeness (QED) is 0.698.